The second kappa shape index (κ2) is 11.5. The van der Waals surface area contributed by atoms with Crippen molar-refractivity contribution in [3.63, 3.8) is 0 Å². The molecule has 2 atom stereocenters. The minimum Gasteiger partial charge on any atom is -0.374 e. The van der Waals surface area contributed by atoms with Gasteiger partial charge in [0, 0.05) is 5.70 Å². The highest BCUT2D eigenvalue weighted by molar-refractivity contribution is 6.26. The zero-order chi connectivity index (χ0) is 36.1. The zero-order valence-electron chi connectivity index (χ0n) is 30.1. The van der Waals surface area contributed by atoms with E-state index in [1.165, 1.54) is 99.1 Å². The molecule has 0 aromatic heterocycles. The van der Waals surface area contributed by atoms with E-state index in [1.54, 1.807) is 0 Å². The fraction of sp³-hybridized carbons (Fsp3) is 0.0370. The van der Waals surface area contributed by atoms with E-state index in [9.17, 15) is 0 Å². The van der Waals surface area contributed by atoms with Gasteiger partial charge in [-0.3, -0.25) is 0 Å². The molecule has 9 aromatic carbocycles. The number of allylic oxidation sites excluding steroid dienone is 2. The Hall–Kier alpha value is -6.96. The van der Waals surface area contributed by atoms with Crippen molar-refractivity contribution in [3.05, 3.63) is 239 Å². The molecular formula is C54H35N. The van der Waals surface area contributed by atoms with Crippen LogP contribution in [0, 0.1) is 0 Å². The lowest BCUT2D eigenvalue weighted by Gasteiger charge is -2.31. The van der Waals surface area contributed by atoms with Crippen LogP contribution in [0.15, 0.2) is 200 Å². The van der Waals surface area contributed by atoms with Crippen molar-refractivity contribution in [3.8, 4) is 22.3 Å². The molecule has 256 valence electrons. The van der Waals surface area contributed by atoms with Gasteiger partial charge in [-0.2, -0.15) is 0 Å². The Morgan fingerprint density at radius 1 is 0.364 bits per heavy atom. The van der Waals surface area contributed by atoms with Crippen LogP contribution >= 0.6 is 0 Å². The van der Waals surface area contributed by atoms with E-state index in [4.69, 9.17) is 0 Å². The first-order valence-corrected chi connectivity index (χ1v) is 19.3. The summed E-state index contributed by atoms with van der Waals surface area (Å²) < 4.78 is 0. The molecule has 0 bridgehead atoms. The summed E-state index contributed by atoms with van der Waals surface area (Å²) in [6, 6.07) is 70.0. The predicted octanol–water partition coefficient (Wildman–Crippen LogP) is 13.3. The number of benzene rings is 9. The Balaban J connectivity index is 1.14. The lowest BCUT2D eigenvalue weighted by Crippen LogP contribution is -2.26. The van der Waals surface area contributed by atoms with Gasteiger partial charge in [-0.25, -0.2) is 0 Å². The summed E-state index contributed by atoms with van der Waals surface area (Å²) in [5.41, 5.74) is 16.2. The van der Waals surface area contributed by atoms with E-state index >= 15 is 0 Å². The van der Waals surface area contributed by atoms with Gasteiger partial charge in [0.25, 0.3) is 0 Å². The minimum atomic E-state index is -0.471. The second-order valence-corrected chi connectivity index (χ2v) is 15.2. The topological polar surface area (TPSA) is 12.0 Å². The predicted molar refractivity (Wildman–Crippen MR) is 230 cm³/mol. The number of dihydropyridines is 1. The number of hydrogen-bond donors (Lipinski definition) is 1. The van der Waals surface area contributed by atoms with Crippen molar-refractivity contribution in [1.82, 2.24) is 5.32 Å². The summed E-state index contributed by atoms with van der Waals surface area (Å²) in [6.45, 7) is 0. The molecule has 0 radical (unpaired) electrons. The molecule has 1 spiro atoms. The molecule has 2 unspecified atom stereocenters. The van der Waals surface area contributed by atoms with Gasteiger partial charge in [0.15, 0.2) is 0 Å². The van der Waals surface area contributed by atoms with E-state index in [0.717, 1.165) is 5.70 Å². The molecule has 9 aromatic rings. The molecule has 55 heavy (non-hydrogen) atoms. The Bertz CT molecular complexity index is 3110. The molecule has 0 saturated carbocycles. The SMILES string of the molecule is C1=C(c2ccccc2)C=C(c2ccc3c(c2)C2(c4ccccc4-3)c3ccccc3-c3cc4c5ccccc5c5ccccc5c4cc32)NC1c1ccccc1. The number of fused-ring (bicyclic) bond motifs is 16. The molecular weight excluding hydrogens is 663 g/mol. The van der Waals surface area contributed by atoms with Gasteiger partial charge in [0.2, 0.25) is 0 Å². The van der Waals surface area contributed by atoms with Gasteiger partial charge in [0.05, 0.1) is 11.5 Å². The van der Waals surface area contributed by atoms with Gasteiger partial charge < -0.3 is 5.32 Å². The average molecular weight is 698 g/mol. The Morgan fingerprint density at radius 3 is 1.55 bits per heavy atom. The number of hydrogen-bond acceptors (Lipinski definition) is 1. The molecule has 12 rings (SSSR count). The van der Waals surface area contributed by atoms with E-state index in [0.29, 0.717) is 0 Å². The third kappa shape index (κ3) is 4.24. The standard InChI is InChI=1S/C54H35N/c1-3-15-34(16-4-1)37-30-52(35-17-5-2-6-18-35)55-53(31-37)36-27-28-44-42-23-11-13-25-48(42)54(50(44)29-36)49-26-14-12-24-43(49)47-32-45-40-21-9-7-19-38(40)39-20-8-10-22-41(39)46(45)33-51(47)54/h1-33,52,55H. The highest BCUT2D eigenvalue weighted by Gasteiger charge is 2.52. The zero-order valence-corrected chi connectivity index (χ0v) is 30.1. The molecule has 0 amide bonds. The second-order valence-electron chi connectivity index (χ2n) is 15.2. The molecule has 3 aliphatic rings. The summed E-state index contributed by atoms with van der Waals surface area (Å²) in [5, 5.41) is 11.8. The van der Waals surface area contributed by atoms with Crippen LogP contribution in [0.5, 0.6) is 0 Å². The Kier molecular flexibility index (Phi) is 6.39. The Morgan fingerprint density at radius 2 is 0.873 bits per heavy atom. The summed E-state index contributed by atoms with van der Waals surface area (Å²) in [5.74, 6) is 0. The number of rotatable bonds is 3. The average Bonchev–Trinajstić information content (AvgIpc) is 3.73. The molecule has 1 heteroatoms. The van der Waals surface area contributed by atoms with Crippen molar-refractivity contribution < 1.29 is 0 Å². The quantitative estimate of drug-likeness (QED) is 0.181. The molecule has 1 N–H and O–H groups in total. The molecule has 1 aliphatic heterocycles. The van der Waals surface area contributed by atoms with Gasteiger partial charge >= 0.3 is 0 Å². The third-order valence-corrected chi connectivity index (χ3v) is 12.5. The van der Waals surface area contributed by atoms with E-state index < -0.39 is 5.41 Å². The summed E-state index contributed by atoms with van der Waals surface area (Å²) >= 11 is 0. The molecule has 1 heterocycles. The van der Waals surface area contributed by atoms with Crippen LogP contribution < -0.4 is 5.32 Å². The van der Waals surface area contributed by atoms with Crippen molar-refractivity contribution in [2.75, 3.05) is 0 Å². The molecule has 2 aliphatic carbocycles. The first-order valence-electron chi connectivity index (χ1n) is 19.3. The van der Waals surface area contributed by atoms with Crippen LogP contribution in [0.1, 0.15) is 45.0 Å². The highest BCUT2D eigenvalue weighted by Crippen LogP contribution is 2.63. The van der Waals surface area contributed by atoms with Crippen molar-refractivity contribution in [2.45, 2.75) is 11.5 Å². The summed E-state index contributed by atoms with van der Waals surface area (Å²) in [7, 11) is 0. The van der Waals surface area contributed by atoms with Crippen LogP contribution in [0.2, 0.25) is 0 Å². The normalized spacial score (nSPS) is 17.7. The highest BCUT2D eigenvalue weighted by atomic mass is 14.9. The minimum absolute atomic E-state index is 0.0400. The van der Waals surface area contributed by atoms with Crippen LogP contribution in [0.3, 0.4) is 0 Å². The van der Waals surface area contributed by atoms with Crippen LogP contribution in [-0.2, 0) is 5.41 Å². The lowest BCUT2D eigenvalue weighted by atomic mass is 9.70. The largest absolute Gasteiger partial charge is 0.374 e. The van der Waals surface area contributed by atoms with Gasteiger partial charge in [0.1, 0.15) is 0 Å². The van der Waals surface area contributed by atoms with Crippen molar-refractivity contribution in [2.24, 2.45) is 0 Å². The Labute approximate surface area is 320 Å². The van der Waals surface area contributed by atoms with Gasteiger partial charge in [-0.15, -0.1) is 0 Å². The molecule has 1 nitrogen and oxygen atoms in total. The maximum Gasteiger partial charge on any atom is 0.0725 e. The maximum absolute atomic E-state index is 3.96. The van der Waals surface area contributed by atoms with Crippen LogP contribution in [-0.4, -0.2) is 0 Å². The number of nitrogens with one attached hydrogen (secondary N) is 1. The first-order chi connectivity index (χ1) is 27.3. The van der Waals surface area contributed by atoms with E-state index in [-0.39, 0.29) is 6.04 Å². The van der Waals surface area contributed by atoms with Crippen molar-refractivity contribution in [1.29, 1.82) is 0 Å². The maximum atomic E-state index is 3.96. The van der Waals surface area contributed by atoms with Gasteiger partial charge in [-0.05, 0) is 129 Å². The summed E-state index contributed by atoms with van der Waals surface area (Å²) in [6.07, 6.45) is 4.70. The summed E-state index contributed by atoms with van der Waals surface area (Å²) in [4.78, 5) is 0. The fourth-order valence-corrected chi connectivity index (χ4v) is 10.2. The van der Waals surface area contributed by atoms with Crippen LogP contribution in [0.25, 0.3) is 65.8 Å². The molecule has 0 saturated heterocycles. The van der Waals surface area contributed by atoms with E-state index in [2.05, 4.69) is 206 Å². The van der Waals surface area contributed by atoms with Gasteiger partial charge in [-0.1, -0.05) is 170 Å². The van der Waals surface area contributed by atoms with E-state index in [1.807, 2.05) is 0 Å². The lowest BCUT2D eigenvalue weighted by molar-refractivity contribution is 0.764. The first kappa shape index (κ1) is 30.5. The van der Waals surface area contributed by atoms with Crippen LogP contribution in [0.4, 0.5) is 0 Å². The third-order valence-electron chi connectivity index (χ3n) is 12.5. The van der Waals surface area contributed by atoms with Crippen molar-refractivity contribution >= 4 is 43.6 Å². The smallest absolute Gasteiger partial charge is 0.0725 e. The fourth-order valence-electron chi connectivity index (χ4n) is 10.2. The molecule has 0 fully saturated rings. The monoisotopic (exact) mass is 697 g/mol.